The number of likely N-dealkylation sites (tertiary alicyclic amines) is 1. The Hall–Kier alpha value is -1.15. The highest BCUT2D eigenvalue weighted by molar-refractivity contribution is 7.89. The van der Waals surface area contributed by atoms with Gasteiger partial charge < -0.3 is 9.84 Å². The highest BCUT2D eigenvalue weighted by Gasteiger charge is 2.34. The molecule has 0 saturated carbocycles. The molecule has 0 spiro atoms. The van der Waals surface area contributed by atoms with Crippen molar-refractivity contribution in [1.29, 1.82) is 0 Å². The minimum Gasteiger partial charge on any atom is -0.497 e. The van der Waals surface area contributed by atoms with Crippen LogP contribution in [-0.2, 0) is 16.4 Å². The van der Waals surface area contributed by atoms with Crippen molar-refractivity contribution in [3.63, 3.8) is 0 Å². The number of primary sulfonamides is 1. The number of ether oxygens (including phenoxy) is 1. The molecule has 2 atom stereocenters. The molecule has 0 radical (unpaired) electrons. The van der Waals surface area contributed by atoms with Crippen molar-refractivity contribution in [2.24, 2.45) is 5.14 Å². The monoisotopic (exact) mass is 328 g/mol. The second-order valence-electron chi connectivity index (χ2n) is 5.67. The van der Waals surface area contributed by atoms with Gasteiger partial charge in [-0.2, -0.15) is 0 Å². The number of aryl methyl sites for hydroxylation is 1. The van der Waals surface area contributed by atoms with E-state index in [0.717, 1.165) is 37.2 Å². The molecule has 7 heteroatoms. The molecule has 1 heterocycles. The third-order valence-corrected chi connectivity index (χ3v) is 5.47. The van der Waals surface area contributed by atoms with Crippen molar-refractivity contribution in [1.82, 2.24) is 4.90 Å². The summed E-state index contributed by atoms with van der Waals surface area (Å²) >= 11 is 0. The number of aliphatic hydroxyl groups is 1. The normalized spacial score (nSPS) is 19.0. The lowest BCUT2D eigenvalue weighted by atomic mass is 10.1. The van der Waals surface area contributed by atoms with E-state index in [1.165, 1.54) is 0 Å². The topological polar surface area (TPSA) is 92.9 Å². The van der Waals surface area contributed by atoms with Crippen LogP contribution in [0, 0.1) is 0 Å². The van der Waals surface area contributed by atoms with Crippen LogP contribution in [-0.4, -0.2) is 50.1 Å². The predicted octanol–water partition coefficient (Wildman–Crippen LogP) is 0.699. The van der Waals surface area contributed by atoms with Gasteiger partial charge in [0.25, 0.3) is 0 Å². The molecule has 2 unspecified atom stereocenters. The molecule has 3 N–H and O–H groups in total. The van der Waals surface area contributed by atoms with E-state index >= 15 is 0 Å². The second kappa shape index (κ2) is 7.41. The average molecular weight is 328 g/mol. The minimum absolute atomic E-state index is 0.294. The summed E-state index contributed by atoms with van der Waals surface area (Å²) in [5.74, 6) is 0.754. The van der Waals surface area contributed by atoms with Crippen LogP contribution in [0.1, 0.15) is 24.8 Å². The number of nitrogens with zero attached hydrogens (tertiary/aromatic N) is 1. The standard InChI is InChI=1S/C15H24N2O4S/c1-21-13-7-4-12(5-8-13)6-9-14(22(16,19)20)15(18)17-10-2-3-11-17/h4-5,7-8,14-15,18H,2-3,6,9-11H2,1H3,(H2,16,19,20). The zero-order valence-electron chi connectivity index (χ0n) is 12.8. The molecule has 1 aliphatic heterocycles. The van der Waals surface area contributed by atoms with Gasteiger partial charge in [0.05, 0.1) is 7.11 Å². The Morgan fingerprint density at radius 1 is 1.27 bits per heavy atom. The first-order valence-corrected chi connectivity index (χ1v) is 9.09. The van der Waals surface area contributed by atoms with E-state index in [4.69, 9.17) is 9.88 Å². The predicted molar refractivity (Wildman–Crippen MR) is 85.0 cm³/mol. The fraction of sp³-hybridized carbons (Fsp3) is 0.600. The van der Waals surface area contributed by atoms with Gasteiger partial charge in [-0.25, -0.2) is 13.6 Å². The molecule has 0 amide bonds. The zero-order valence-corrected chi connectivity index (χ0v) is 13.6. The van der Waals surface area contributed by atoms with Crippen molar-refractivity contribution in [2.45, 2.75) is 37.2 Å². The van der Waals surface area contributed by atoms with Crippen LogP contribution in [0.5, 0.6) is 5.75 Å². The maximum Gasteiger partial charge on any atom is 0.215 e. The second-order valence-corrected chi connectivity index (χ2v) is 7.45. The van der Waals surface area contributed by atoms with Gasteiger partial charge in [-0.05, 0) is 43.4 Å². The van der Waals surface area contributed by atoms with E-state index in [2.05, 4.69) is 0 Å². The summed E-state index contributed by atoms with van der Waals surface area (Å²) in [4.78, 5) is 1.79. The molecular formula is C15H24N2O4S. The maximum atomic E-state index is 11.8. The van der Waals surface area contributed by atoms with Crippen LogP contribution in [0.25, 0.3) is 0 Å². The van der Waals surface area contributed by atoms with E-state index in [0.29, 0.717) is 12.8 Å². The Kier molecular flexibility index (Phi) is 5.80. The lowest BCUT2D eigenvalue weighted by Crippen LogP contribution is -2.48. The fourth-order valence-corrected chi connectivity index (χ4v) is 3.78. The van der Waals surface area contributed by atoms with Crippen LogP contribution >= 0.6 is 0 Å². The molecule has 1 fully saturated rings. The summed E-state index contributed by atoms with van der Waals surface area (Å²) < 4.78 is 28.7. The lowest BCUT2D eigenvalue weighted by molar-refractivity contribution is 0.0156. The maximum absolute atomic E-state index is 11.8. The molecule has 0 bridgehead atoms. The summed E-state index contributed by atoms with van der Waals surface area (Å²) in [5.41, 5.74) is 0.989. The van der Waals surface area contributed by atoms with Crippen LogP contribution in [0.4, 0.5) is 0 Å². The van der Waals surface area contributed by atoms with E-state index < -0.39 is 21.5 Å². The zero-order chi connectivity index (χ0) is 16.2. The summed E-state index contributed by atoms with van der Waals surface area (Å²) in [6, 6.07) is 7.44. The number of methoxy groups -OCH3 is 1. The molecular weight excluding hydrogens is 304 g/mol. The van der Waals surface area contributed by atoms with Gasteiger partial charge in [-0.1, -0.05) is 12.1 Å². The number of aliphatic hydroxyl groups excluding tert-OH is 1. The molecule has 1 aliphatic rings. The van der Waals surface area contributed by atoms with Crippen molar-refractivity contribution >= 4 is 10.0 Å². The van der Waals surface area contributed by atoms with E-state index in [1.807, 2.05) is 24.3 Å². The van der Waals surface area contributed by atoms with Gasteiger partial charge in [-0.3, -0.25) is 4.90 Å². The number of benzene rings is 1. The first-order chi connectivity index (χ1) is 10.4. The van der Waals surface area contributed by atoms with Crippen LogP contribution in [0.3, 0.4) is 0 Å². The number of hydrogen-bond acceptors (Lipinski definition) is 5. The van der Waals surface area contributed by atoms with Gasteiger partial charge in [0.1, 0.15) is 17.2 Å². The van der Waals surface area contributed by atoms with Gasteiger partial charge in [0, 0.05) is 13.1 Å². The molecule has 6 nitrogen and oxygen atoms in total. The lowest BCUT2D eigenvalue weighted by Gasteiger charge is -2.28. The molecule has 124 valence electrons. The fourth-order valence-electron chi connectivity index (χ4n) is 2.83. The van der Waals surface area contributed by atoms with Gasteiger partial charge in [0.15, 0.2) is 0 Å². The Morgan fingerprint density at radius 2 is 1.86 bits per heavy atom. The van der Waals surface area contributed by atoms with Crippen LogP contribution in [0.2, 0.25) is 0 Å². The van der Waals surface area contributed by atoms with Crippen molar-refractivity contribution < 1.29 is 18.3 Å². The first kappa shape index (κ1) is 17.2. The number of rotatable bonds is 7. The number of hydrogen-bond donors (Lipinski definition) is 2. The molecule has 1 aromatic rings. The third kappa shape index (κ3) is 4.42. The molecule has 0 aromatic heterocycles. The summed E-state index contributed by atoms with van der Waals surface area (Å²) in [7, 11) is -2.21. The quantitative estimate of drug-likeness (QED) is 0.768. The Labute approximate surface area is 131 Å². The Balaban J connectivity index is 2.03. The number of sulfonamides is 1. The minimum atomic E-state index is -3.80. The van der Waals surface area contributed by atoms with Crippen LogP contribution < -0.4 is 9.88 Å². The summed E-state index contributed by atoms with van der Waals surface area (Å²) in [6.45, 7) is 1.44. The van der Waals surface area contributed by atoms with E-state index in [-0.39, 0.29) is 0 Å². The molecule has 1 saturated heterocycles. The van der Waals surface area contributed by atoms with Crippen molar-refractivity contribution in [3.8, 4) is 5.75 Å². The first-order valence-electron chi connectivity index (χ1n) is 7.48. The largest absolute Gasteiger partial charge is 0.497 e. The van der Waals surface area contributed by atoms with Gasteiger partial charge in [-0.15, -0.1) is 0 Å². The van der Waals surface area contributed by atoms with Crippen LogP contribution in [0.15, 0.2) is 24.3 Å². The molecule has 2 rings (SSSR count). The van der Waals surface area contributed by atoms with E-state index in [1.54, 1.807) is 12.0 Å². The highest BCUT2D eigenvalue weighted by atomic mass is 32.2. The van der Waals surface area contributed by atoms with Gasteiger partial charge in [0.2, 0.25) is 10.0 Å². The molecule has 22 heavy (non-hydrogen) atoms. The molecule has 1 aromatic carbocycles. The SMILES string of the molecule is COc1ccc(CCC(C(O)N2CCCC2)S(N)(=O)=O)cc1. The average Bonchev–Trinajstić information content (AvgIpc) is 3.00. The van der Waals surface area contributed by atoms with E-state index in [9.17, 15) is 13.5 Å². The third-order valence-electron chi connectivity index (χ3n) is 4.15. The number of nitrogens with two attached hydrogens (primary N) is 1. The molecule has 0 aliphatic carbocycles. The van der Waals surface area contributed by atoms with Crippen molar-refractivity contribution in [3.05, 3.63) is 29.8 Å². The van der Waals surface area contributed by atoms with Gasteiger partial charge >= 0.3 is 0 Å². The highest BCUT2D eigenvalue weighted by Crippen LogP contribution is 2.20. The Bertz CT molecular complexity index is 568. The van der Waals surface area contributed by atoms with Crippen molar-refractivity contribution in [2.75, 3.05) is 20.2 Å². The summed E-state index contributed by atoms with van der Waals surface area (Å²) in [5, 5.41) is 14.7. The summed E-state index contributed by atoms with van der Waals surface area (Å²) in [6.07, 6.45) is 1.76. The smallest absolute Gasteiger partial charge is 0.215 e. The Morgan fingerprint density at radius 3 is 2.36 bits per heavy atom.